The van der Waals surface area contributed by atoms with Gasteiger partial charge in [-0.05, 0) is 186 Å². The van der Waals surface area contributed by atoms with Gasteiger partial charge in [-0.3, -0.25) is 0 Å². The molecule has 3 heterocycles. The van der Waals surface area contributed by atoms with Crippen LogP contribution in [0.25, 0.3) is 72.0 Å². The molecule has 10 aromatic carbocycles. The summed E-state index contributed by atoms with van der Waals surface area (Å²) < 4.78 is 2.58. The van der Waals surface area contributed by atoms with Crippen LogP contribution >= 0.6 is 11.8 Å². The quantitative estimate of drug-likeness (QED) is 0.153. The normalized spacial score (nSPS) is 14.1. The Morgan fingerprint density at radius 3 is 1.09 bits per heavy atom. The predicted molar refractivity (Wildman–Crippen MR) is 441 cm³/mol. The first-order valence-electron chi connectivity index (χ1n) is 37.0. The van der Waals surface area contributed by atoms with Gasteiger partial charge in [-0.2, -0.15) is 0 Å². The van der Waals surface area contributed by atoms with Gasteiger partial charge in [0.15, 0.2) is 0 Å². The molecule has 13 rings (SSSR count). The minimum atomic E-state index is -0.140. The topological polar surface area (TPSA) is 8.17 Å². The summed E-state index contributed by atoms with van der Waals surface area (Å²) in [5, 5.41) is 2.54. The Kier molecular flexibility index (Phi) is 16.9. The number of nitrogens with zero attached hydrogens (tertiary/aromatic N) is 2. The standard InChI is InChI=1S/C96H111BN2S/c1-88(2,3)64-37-39-81-77(55-64)76-31-28-29-34-80(76)98(81)73-56-83-86-85(57-73)100-84-40-36-59(61-43-67(91(10,11)12)52-68(44-61)92(13,14)15)50-79(84)97(86)78-49-58(60-41-65(89(4,5)6)51-66(42-60)90(7,8)9)35-38-82(78)99(83)87-74(62-45-69(93(16,17)18)53-70(46-62)94(19,20)21)32-30-33-75(87)63-47-71(95(22,23)24)54-72(48-63)96(25,26)27/h28-57H,1-27H3. The average molecular weight is 1340 g/mol. The summed E-state index contributed by atoms with van der Waals surface area (Å²) in [4.78, 5) is 5.35. The van der Waals surface area contributed by atoms with E-state index in [1.807, 2.05) is 11.8 Å². The van der Waals surface area contributed by atoms with Gasteiger partial charge in [0.1, 0.15) is 0 Å². The number of anilines is 3. The molecule has 0 saturated heterocycles. The van der Waals surface area contributed by atoms with Gasteiger partial charge < -0.3 is 9.47 Å². The van der Waals surface area contributed by atoms with Crippen molar-refractivity contribution >= 4 is 73.7 Å². The van der Waals surface area contributed by atoms with Gasteiger partial charge in [0, 0.05) is 48.8 Å². The maximum atomic E-state index is 2.78. The minimum absolute atomic E-state index is 0.0280. The fraction of sp³-hybridized carbons (Fsp3) is 0.375. The first kappa shape index (κ1) is 70.6. The van der Waals surface area contributed by atoms with Crippen LogP contribution in [0.5, 0.6) is 0 Å². The minimum Gasteiger partial charge on any atom is -0.310 e. The van der Waals surface area contributed by atoms with Crippen LogP contribution in [0.4, 0.5) is 17.1 Å². The highest BCUT2D eigenvalue weighted by molar-refractivity contribution is 8.00. The monoisotopic (exact) mass is 1330 g/mol. The van der Waals surface area contributed by atoms with Gasteiger partial charge in [0.05, 0.1) is 16.7 Å². The molecule has 0 saturated carbocycles. The summed E-state index contributed by atoms with van der Waals surface area (Å²) >= 11 is 1.96. The molecule has 0 amide bonds. The highest BCUT2D eigenvalue weighted by atomic mass is 32.2. The van der Waals surface area contributed by atoms with E-state index in [1.165, 1.54) is 160 Å². The molecule has 0 spiro atoms. The molecule has 1 aromatic heterocycles. The van der Waals surface area contributed by atoms with E-state index in [-0.39, 0.29) is 55.4 Å². The molecular weight excluding hydrogens is 1220 g/mol. The maximum absolute atomic E-state index is 2.78. The highest BCUT2D eigenvalue weighted by Gasteiger charge is 2.44. The Morgan fingerprint density at radius 1 is 0.270 bits per heavy atom. The Labute approximate surface area is 607 Å². The number of hydrogen-bond acceptors (Lipinski definition) is 2. The molecule has 0 fully saturated rings. The first-order valence-corrected chi connectivity index (χ1v) is 37.8. The molecule has 2 aliphatic heterocycles. The Hall–Kier alpha value is -7.79. The lowest BCUT2D eigenvalue weighted by Crippen LogP contribution is -2.60. The summed E-state index contributed by atoms with van der Waals surface area (Å²) in [7, 11) is 0. The second kappa shape index (κ2) is 23.9. The Balaban J connectivity index is 1.23. The zero-order chi connectivity index (χ0) is 72.5. The number of benzene rings is 10. The van der Waals surface area contributed by atoms with Crippen molar-refractivity contribution in [2.24, 2.45) is 0 Å². The third kappa shape index (κ3) is 13.1. The van der Waals surface area contributed by atoms with Crippen molar-refractivity contribution in [3.63, 3.8) is 0 Å². The summed E-state index contributed by atoms with van der Waals surface area (Å²) in [6.45, 7) is 63.8. The molecule has 0 bridgehead atoms. The molecule has 514 valence electrons. The third-order valence-corrected chi connectivity index (χ3v) is 22.9. The molecule has 0 unspecified atom stereocenters. The lowest BCUT2D eigenvalue weighted by Gasteiger charge is -2.42. The maximum Gasteiger partial charge on any atom is 0.249 e. The molecule has 100 heavy (non-hydrogen) atoms. The second-order valence-corrected chi connectivity index (χ2v) is 40.1. The summed E-state index contributed by atoms with van der Waals surface area (Å²) in [6.07, 6.45) is 0. The van der Waals surface area contributed by atoms with Crippen molar-refractivity contribution < 1.29 is 0 Å². The van der Waals surface area contributed by atoms with Gasteiger partial charge in [-0.1, -0.05) is 344 Å². The average Bonchev–Trinajstić information content (AvgIpc) is 0.828. The van der Waals surface area contributed by atoms with E-state index in [9.17, 15) is 0 Å². The van der Waals surface area contributed by atoms with Crippen molar-refractivity contribution in [1.29, 1.82) is 0 Å². The smallest absolute Gasteiger partial charge is 0.249 e. The van der Waals surface area contributed by atoms with E-state index in [2.05, 4.69) is 378 Å². The molecular formula is C96H111BN2S. The van der Waals surface area contributed by atoms with Crippen molar-refractivity contribution in [3.8, 4) is 50.2 Å². The molecule has 0 aliphatic carbocycles. The van der Waals surface area contributed by atoms with Gasteiger partial charge >= 0.3 is 0 Å². The summed E-state index contributed by atoms with van der Waals surface area (Å²) in [5.41, 5.74) is 32.3. The molecule has 0 radical (unpaired) electrons. The van der Waals surface area contributed by atoms with Gasteiger partial charge in [-0.15, -0.1) is 0 Å². The zero-order valence-corrected chi connectivity index (χ0v) is 66.5. The van der Waals surface area contributed by atoms with Crippen molar-refractivity contribution in [2.45, 2.75) is 245 Å². The molecule has 0 atom stereocenters. The largest absolute Gasteiger partial charge is 0.310 e. The van der Waals surface area contributed by atoms with E-state index in [1.54, 1.807) is 0 Å². The molecule has 11 aromatic rings. The fourth-order valence-electron chi connectivity index (χ4n) is 15.1. The van der Waals surface area contributed by atoms with E-state index in [0.29, 0.717) is 0 Å². The van der Waals surface area contributed by atoms with Gasteiger partial charge in [-0.25, -0.2) is 0 Å². The van der Waals surface area contributed by atoms with Crippen molar-refractivity contribution in [1.82, 2.24) is 4.57 Å². The van der Waals surface area contributed by atoms with Crippen LogP contribution in [0, 0.1) is 0 Å². The van der Waals surface area contributed by atoms with Crippen LogP contribution in [0.3, 0.4) is 0 Å². The van der Waals surface area contributed by atoms with Crippen LogP contribution in [-0.4, -0.2) is 11.3 Å². The number of hydrogen-bond donors (Lipinski definition) is 0. The Morgan fingerprint density at radius 2 is 0.660 bits per heavy atom. The van der Waals surface area contributed by atoms with E-state index in [4.69, 9.17) is 0 Å². The van der Waals surface area contributed by atoms with Crippen molar-refractivity contribution in [2.75, 3.05) is 4.90 Å². The number of aromatic nitrogens is 1. The lowest BCUT2D eigenvalue weighted by molar-refractivity contribution is 0.568. The van der Waals surface area contributed by atoms with E-state index in [0.717, 1.165) is 5.69 Å². The van der Waals surface area contributed by atoms with Crippen LogP contribution in [0.2, 0.25) is 0 Å². The molecule has 2 aliphatic rings. The first-order chi connectivity index (χ1) is 46.2. The Bertz CT molecular complexity index is 4870. The van der Waals surface area contributed by atoms with E-state index >= 15 is 0 Å². The summed E-state index contributed by atoms with van der Waals surface area (Å²) in [6, 6.07) is 73.9. The SMILES string of the molecule is CC(C)(C)c1cc(-c2ccc3c(c2)B2c4cc(-c5cc(C(C)(C)C)cc(C(C)(C)C)c5)ccc4N(c4c(-c5cc(C(C)(C)C)cc(C(C)(C)C)c5)cccc4-c4cc(C(C)(C)C)cc(C(C)(C)C)c4)c4cc(-n5c6ccccc6c6cc(C(C)(C)C)ccc65)cc(c42)S3)cc(C(C)(C)C)c1. The number of para-hydroxylation sites is 2. The third-order valence-electron chi connectivity index (χ3n) is 21.8. The van der Waals surface area contributed by atoms with Gasteiger partial charge in [0.2, 0.25) is 6.71 Å². The van der Waals surface area contributed by atoms with Gasteiger partial charge in [0.25, 0.3) is 0 Å². The summed E-state index contributed by atoms with van der Waals surface area (Å²) in [5.74, 6) is 0. The second-order valence-electron chi connectivity index (χ2n) is 39.0. The molecule has 2 nitrogen and oxygen atoms in total. The molecule has 4 heteroatoms. The predicted octanol–water partition coefficient (Wildman–Crippen LogP) is 25.9. The zero-order valence-electron chi connectivity index (χ0n) is 65.7. The highest BCUT2D eigenvalue weighted by Crippen LogP contribution is 2.53. The lowest BCUT2D eigenvalue weighted by atomic mass is 9.34. The van der Waals surface area contributed by atoms with E-state index < -0.39 is 0 Å². The van der Waals surface area contributed by atoms with Crippen LogP contribution < -0.4 is 21.3 Å². The van der Waals surface area contributed by atoms with Crippen LogP contribution in [0.1, 0.15) is 237 Å². The number of rotatable bonds is 6. The van der Waals surface area contributed by atoms with Crippen LogP contribution in [0.15, 0.2) is 192 Å². The van der Waals surface area contributed by atoms with Crippen molar-refractivity contribution in [3.05, 3.63) is 232 Å². The fourth-order valence-corrected chi connectivity index (χ4v) is 16.2. The number of fused-ring (bicyclic) bond motifs is 7. The molecule has 0 N–H and O–H groups in total. The van der Waals surface area contributed by atoms with Crippen LogP contribution in [-0.2, 0) is 48.7 Å².